The van der Waals surface area contributed by atoms with Crippen molar-refractivity contribution in [1.29, 1.82) is 0 Å². The fraction of sp³-hybridized carbons (Fsp3) is 0.556. The lowest BCUT2D eigenvalue weighted by Crippen LogP contribution is -2.40. The molecule has 5 heteroatoms. The van der Waals surface area contributed by atoms with Crippen molar-refractivity contribution in [3.63, 3.8) is 0 Å². The highest BCUT2D eigenvalue weighted by atomic mass is 16.5. The highest BCUT2D eigenvalue weighted by Crippen LogP contribution is 2.02. The van der Waals surface area contributed by atoms with Crippen LogP contribution < -0.4 is 5.43 Å². The Bertz CT molecular complexity index is 281. The zero-order valence-corrected chi connectivity index (χ0v) is 8.23. The molecular weight excluding hydrogens is 180 g/mol. The molecule has 0 saturated carbocycles. The molecule has 0 unspecified atom stereocenters. The second-order valence-corrected chi connectivity index (χ2v) is 3.30. The van der Waals surface area contributed by atoms with Crippen molar-refractivity contribution in [3.8, 4) is 0 Å². The van der Waals surface area contributed by atoms with E-state index in [2.05, 4.69) is 20.4 Å². The van der Waals surface area contributed by atoms with Gasteiger partial charge >= 0.3 is 0 Å². The van der Waals surface area contributed by atoms with E-state index in [1.54, 1.807) is 12.4 Å². The molecule has 2 rings (SSSR count). The SMILES string of the molecule is Cc1cnc(NN2CCOCC2)nc1. The lowest BCUT2D eigenvalue weighted by atomic mass is 10.4. The van der Waals surface area contributed by atoms with Crippen LogP contribution >= 0.6 is 0 Å². The number of rotatable bonds is 2. The first-order valence-electron chi connectivity index (χ1n) is 4.72. The van der Waals surface area contributed by atoms with Crippen molar-refractivity contribution >= 4 is 5.95 Å². The van der Waals surface area contributed by atoms with Crippen molar-refractivity contribution in [2.75, 3.05) is 31.7 Å². The second-order valence-electron chi connectivity index (χ2n) is 3.30. The third kappa shape index (κ3) is 2.40. The van der Waals surface area contributed by atoms with E-state index in [1.807, 2.05) is 6.92 Å². The molecular formula is C9H14N4O. The smallest absolute Gasteiger partial charge is 0.237 e. The Labute approximate surface area is 83.1 Å². The van der Waals surface area contributed by atoms with Crippen LogP contribution in [0.1, 0.15) is 5.56 Å². The molecule has 0 spiro atoms. The van der Waals surface area contributed by atoms with Crippen LogP contribution in [0.5, 0.6) is 0 Å². The molecule has 0 aromatic carbocycles. The predicted octanol–water partition coefficient (Wildman–Crippen LogP) is 0.444. The average molecular weight is 194 g/mol. The molecule has 1 aromatic heterocycles. The van der Waals surface area contributed by atoms with E-state index in [0.717, 1.165) is 31.9 Å². The first-order chi connectivity index (χ1) is 6.84. The number of nitrogens with zero attached hydrogens (tertiary/aromatic N) is 3. The first kappa shape index (κ1) is 9.36. The maximum Gasteiger partial charge on any atom is 0.237 e. The summed E-state index contributed by atoms with van der Waals surface area (Å²) in [5.74, 6) is 0.650. The van der Waals surface area contributed by atoms with Gasteiger partial charge in [0, 0.05) is 25.5 Å². The van der Waals surface area contributed by atoms with Gasteiger partial charge in [-0.3, -0.25) is 5.43 Å². The van der Waals surface area contributed by atoms with Gasteiger partial charge in [0.1, 0.15) is 0 Å². The minimum Gasteiger partial charge on any atom is -0.379 e. The zero-order chi connectivity index (χ0) is 9.80. The number of aromatic nitrogens is 2. The fourth-order valence-corrected chi connectivity index (χ4v) is 1.27. The monoisotopic (exact) mass is 194 g/mol. The fourth-order valence-electron chi connectivity index (χ4n) is 1.27. The van der Waals surface area contributed by atoms with E-state index in [9.17, 15) is 0 Å². The van der Waals surface area contributed by atoms with Crippen LogP contribution in [-0.4, -0.2) is 41.3 Å². The van der Waals surface area contributed by atoms with Gasteiger partial charge in [0.25, 0.3) is 0 Å². The number of morpholine rings is 1. The Balaban J connectivity index is 1.92. The molecule has 1 aliphatic heterocycles. The molecule has 2 heterocycles. The topological polar surface area (TPSA) is 50.3 Å². The Morgan fingerprint density at radius 1 is 1.29 bits per heavy atom. The van der Waals surface area contributed by atoms with Gasteiger partial charge in [-0.1, -0.05) is 0 Å². The first-order valence-corrected chi connectivity index (χ1v) is 4.72. The van der Waals surface area contributed by atoms with Gasteiger partial charge in [-0.25, -0.2) is 15.0 Å². The van der Waals surface area contributed by atoms with E-state index in [4.69, 9.17) is 4.74 Å². The number of hydrogen-bond acceptors (Lipinski definition) is 5. The molecule has 14 heavy (non-hydrogen) atoms. The molecule has 0 amide bonds. The maximum absolute atomic E-state index is 5.23. The number of nitrogens with one attached hydrogen (secondary N) is 1. The number of ether oxygens (including phenoxy) is 1. The third-order valence-electron chi connectivity index (χ3n) is 2.05. The highest BCUT2D eigenvalue weighted by molar-refractivity contribution is 5.22. The summed E-state index contributed by atoms with van der Waals surface area (Å²) in [6.45, 7) is 5.24. The minimum absolute atomic E-state index is 0.650. The number of hydrogen-bond donors (Lipinski definition) is 1. The molecule has 0 bridgehead atoms. The molecule has 0 atom stereocenters. The summed E-state index contributed by atoms with van der Waals surface area (Å²) in [5, 5.41) is 2.06. The van der Waals surface area contributed by atoms with E-state index in [1.165, 1.54) is 0 Å². The van der Waals surface area contributed by atoms with Crippen molar-refractivity contribution in [2.45, 2.75) is 6.92 Å². The Hall–Kier alpha value is -1.20. The van der Waals surface area contributed by atoms with Gasteiger partial charge in [-0.05, 0) is 12.5 Å². The zero-order valence-electron chi connectivity index (χ0n) is 8.23. The summed E-state index contributed by atoms with van der Waals surface area (Å²) in [5.41, 5.74) is 4.21. The molecule has 1 fully saturated rings. The second kappa shape index (κ2) is 4.34. The Kier molecular flexibility index (Phi) is 2.90. The molecule has 5 nitrogen and oxygen atoms in total. The van der Waals surface area contributed by atoms with Gasteiger partial charge in [0.2, 0.25) is 5.95 Å². The van der Waals surface area contributed by atoms with Crippen LogP contribution in [0.2, 0.25) is 0 Å². The van der Waals surface area contributed by atoms with Gasteiger partial charge in [0.05, 0.1) is 13.2 Å². The van der Waals surface area contributed by atoms with Crippen molar-refractivity contribution in [2.24, 2.45) is 0 Å². The molecule has 1 N–H and O–H groups in total. The van der Waals surface area contributed by atoms with Crippen molar-refractivity contribution in [1.82, 2.24) is 15.0 Å². The average Bonchev–Trinajstić information content (AvgIpc) is 2.23. The van der Waals surface area contributed by atoms with Crippen molar-refractivity contribution < 1.29 is 4.74 Å². The summed E-state index contributed by atoms with van der Waals surface area (Å²) in [4.78, 5) is 8.34. The predicted molar refractivity (Wildman–Crippen MR) is 52.8 cm³/mol. The number of hydrazine groups is 1. The van der Waals surface area contributed by atoms with Crippen LogP contribution in [0.15, 0.2) is 12.4 Å². The van der Waals surface area contributed by atoms with E-state index in [-0.39, 0.29) is 0 Å². The molecule has 1 saturated heterocycles. The van der Waals surface area contributed by atoms with Crippen LogP contribution in [0.3, 0.4) is 0 Å². The quantitative estimate of drug-likeness (QED) is 0.740. The van der Waals surface area contributed by atoms with E-state index >= 15 is 0 Å². The number of anilines is 1. The van der Waals surface area contributed by atoms with Gasteiger partial charge in [-0.2, -0.15) is 0 Å². The molecule has 76 valence electrons. The maximum atomic E-state index is 5.23. The normalized spacial score (nSPS) is 18.1. The van der Waals surface area contributed by atoms with E-state index in [0.29, 0.717) is 5.95 Å². The largest absolute Gasteiger partial charge is 0.379 e. The summed E-state index contributed by atoms with van der Waals surface area (Å²) >= 11 is 0. The molecule has 0 aliphatic carbocycles. The highest BCUT2D eigenvalue weighted by Gasteiger charge is 2.10. The number of aryl methyl sites for hydroxylation is 1. The van der Waals surface area contributed by atoms with E-state index < -0.39 is 0 Å². The molecule has 1 aromatic rings. The van der Waals surface area contributed by atoms with Crippen LogP contribution in [0, 0.1) is 6.92 Å². The standard InChI is InChI=1S/C9H14N4O/c1-8-6-10-9(11-7-8)12-13-2-4-14-5-3-13/h6-7H,2-5H2,1H3,(H,10,11,12). The van der Waals surface area contributed by atoms with Crippen LogP contribution in [0.4, 0.5) is 5.95 Å². The van der Waals surface area contributed by atoms with Crippen molar-refractivity contribution in [3.05, 3.63) is 18.0 Å². The van der Waals surface area contributed by atoms with Crippen LogP contribution in [0.25, 0.3) is 0 Å². The van der Waals surface area contributed by atoms with Gasteiger partial charge in [-0.15, -0.1) is 0 Å². The minimum atomic E-state index is 0.650. The lowest BCUT2D eigenvalue weighted by Gasteiger charge is -2.26. The molecule has 0 radical (unpaired) electrons. The Morgan fingerprint density at radius 3 is 2.57 bits per heavy atom. The summed E-state index contributed by atoms with van der Waals surface area (Å²) in [7, 11) is 0. The Morgan fingerprint density at radius 2 is 1.93 bits per heavy atom. The third-order valence-corrected chi connectivity index (χ3v) is 2.05. The summed E-state index contributed by atoms with van der Waals surface area (Å²) in [6.07, 6.45) is 3.60. The van der Waals surface area contributed by atoms with Gasteiger partial charge in [0.15, 0.2) is 0 Å². The summed E-state index contributed by atoms with van der Waals surface area (Å²) < 4.78 is 5.23. The summed E-state index contributed by atoms with van der Waals surface area (Å²) in [6, 6.07) is 0. The van der Waals surface area contributed by atoms with Gasteiger partial charge < -0.3 is 4.74 Å². The lowest BCUT2D eigenvalue weighted by molar-refractivity contribution is 0.0492. The van der Waals surface area contributed by atoms with Crippen LogP contribution in [-0.2, 0) is 4.74 Å². The molecule has 1 aliphatic rings.